The molecule has 1 heterocycles. The Morgan fingerprint density at radius 3 is 3.00 bits per heavy atom. The highest BCUT2D eigenvalue weighted by Crippen LogP contribution is 2.39. The number of hydrogen-bond acceptors (Lipinski definition) is 6. The molecule has 0 atom stereocenters. The largest absolute Gasteiger partial charge is 0.478 e. The summed E-state index contributed by atoms with van der Waals surface area (Å²) in [6, 6.07) is 4.12. The minimum Gasteiger partial charge on any atom is -0.478 e. The van der Waals surface area contributed by atoms with Gasteiger partial charge in [0.2, 0.25) is 11.7 Å². The van der Waals surface area contributed by atoms with Crippen molar-refractivity contribution in [2.75, 3.05) is 0 Å². The predicted octanol–water partition coefficient (Wildman–Crippen LogP) is 3.09. The molecule has 1 fully saturated rings. The van der Waals surface area contributed by atoms with Crippen molar-refractivity contribution in [2.45, 2.75) is 25.4 Å². The van der Waals surface area contributed by atoms with Crippen LogP contribution in [0.2, 0.25) is 5.02 Å². The van der Waals surface area contributed by atoms with Crippen LogP contribution in [0.3, 0.4) is 0 Å². The van der Waals surface area contributed by atoms with E-state index in [-0.39, 0.29) is 18.0 Å². The van der Waals surface area contributed by atoms with Crippen LogP contribution < -0.4 is 4.74 Å². The van der Waals surface area contributed by atoms with Crippen molar-refractivity contribution >= 4 is 17.3 Å². The van der Waals surface area contributed by atoms with Gasteiger partial charge in [-0.05, 0) is 18.9 Å². The summed E-state index contributed by atoms with van der Waals surface area (Å²) in [6.45, 7) is -0.00258. The van der Waals surface area contributed by atoms with E-state index in [2.05, 4.69) is 10.1 Å². The number of nitro benzene ring substituents is 1. The van der Waals surface area contributed by atoms with Gasteiger partial charge in [-0.1, -0.05) is 16.8 Å². The molecule has 1 aromatic carbocycles. The maximum atomic E-state index is 10.9. The normalized spacial score (nSPS) is 14.2. The van der Waals surface area contributed by atoms with Crippen molar-refractivity contribution in [2.24, 2.45) is 0 Å². The summed E-state index contributed by atoms with van der Waals surface area (Å²) >= 11 is 5.80. The zero-order valence-electron chi connectivity index (χ0n) is 10.3. The third kappa shape index (κ3) is 2.72. The average Bonchev–Trinajstić information content (AvgIpc) is 3.15. The third-order valence-electron chi connectivity index (χ3n) is 2.89. The fourth-order valence-electron chi connectivity index (χ4n) is 1.72. The molecule has 3 rings (SSSR count). The molecular formula is C12H10ClN3O4. The Labute approximate surface area is 118 Å². The second-order valence-corrected chi connectivity index (χ2v) is 4.92. The van der Waals surface area contributed by atoms with E-state index in [1.165, 1.54) is 18.2 Å². The van der Waals surface area contributed by atoms with Crippen LogP contribution >= 0.6 is 11.6 Å². The molecule has 1 aliphatic rings. The van der Waals surface area contributed by atoms with Crippen molar-refractivity contribution < 1.29 is 14.2 Å². The van der Waals surface area contributed by atoms with Gasteiger partial charge in [0.05, 0.1) is 4.92 Å². The van der Waals surface area contributed by atoms with Gasteiger partial charge in [0.1, 0.15) is 0 Å². The van der Waals surface area contributed by atoms with Gasteiger partial charge in [0.15, 0.2) is 12.4 Å². The number of nitro groups is 1. The SMILES string of the molecule is O=[N+]([O-])c1ccc(Cl)cc1OCc1noc(C2CC2)n1. The zero-order valence-corrected chi connectivity index (χ0v) is 11.0. The van der Waals surface area contributed by atoms with Crippen molar-refractivity contribution in [3.8, 4) is 5.75 Å². The second-order valence-electron chi connectivity index (χ2n) is 4.48. The topological polar surface area (TPSA) is 91.3 Å². The highest BCUT2D eigenvalue weighted by Gasteiger charge is 2.29. The van der Waals surface area contributed by atoms with Crippen LogP contribution in [0.5, 0.6) is 5.75 Å². The van der Waals surface area contributed by atoms with Crippen molar-refractivity contribution in [3.63, 3.8) is 0 Å². The van der Waals surface area contributed by atoms with Gasteiger partial charge >= 0.3 is 5.69 Å². The molecule has 1 aromatic heterocycles. The van der Waals surface area contributed by atoms with E-state index < -0.39 is 4.92 Å². The third-order valence-corrected chi connectivity index (χ3v) is 3.12. The number of hydrogen-bond donors (Lipinski definition) is 0. The average molecular weight is 296 g/mol. The summed E-state index contributed by atoms with van der Waals surface area (Å²) in [6.07, 6.45) is 2.12. The van der Waals surface area contributed by atoms with Crippen molar-refractivity contribution in [1.29, 1.82) is 0 Å². The van der Waals surface area contributed by atoms with Crippen molar-refractivity contribution in [1.82, 2.24) is 10.1 Å². The van der Waals surface area contributed by atoms with Crippen LogP contribution in [0.25, 0.3) is 0 Å². The van der Waals surface area contributed by atoms with Crippen LogP contribution in [0.1, 0.15) is 30.5 Å². The van der Waals surface area contributed by atoms with Gasteiger partial charge in [-0.15, -0.1) is 0 Å². The van der Waals surface area contributed by atoms with Gasteiger partial charge in [-0.3, -0.25) is 10.1 Å². The lowest BCUT2D eigenvalue weighted by molar-refractivity contribution is -0.385. The summed E-state index contributed by atoms with van der Waals surface area (Å²) in [5.74, 6) is 1.40. The van der Waals surface area contributed by atoms with Crippen LogP contribution in [-0.4, -0.2) is 15.1 Å². The molecule has 8 heteroatoms. The van der Waals surface area contributed by atoms with E-state index in [0.717, 1.165) is 12.8 Å². The summed E-state index contributed by atoms with van der Waals surface area (Å²) in [4.78, 5) is 14.5. The first kappa shape index (κ1) is 12.9. The monoisotopic (exact) mass is 295 g/mol. The first-order chi connectivity index (χ1) is 9.63. The Hall–Kier alpha value is -2.15. The van der Waals surface area contributed by atoms with Crippen LogP contribution in [-0.2, 0) is 6.61 Å². The van der Waals surface area contributed by atoms with E-state index in [4.69, 9.17) is 20.9 Å². The molecule has 2 aromatic rings. The lowest BCUT2D eigenvalue weighted by atomic mass is 10.3. The quantitative estimate of drug-likeness (QED) is 0.622. The molecule has 1 saturated carbocycles. The molecule has 104 valence electrons. The fraction of sp³-hybridized carbons (Fsp3) is 0.333. The molecule has 0 unspecified atom stereocenters. The smallest absolute Gasteiger partial charge is 0.311 e. The standard InChI is InChI=1S/C12H10ClN3O4/c13-8-3-4-9(16(17)18)10(5-8)19-6-11-14-12(20-15-11)7-1-2-7/h3-5,7H,1-2,6H2. The Morgan fingerprint density at radius 2 is 2.30 bits per heavy atom. The Bertz CT molecular complexity index is 654. The number of nitrogens with zero attached hydrogens (tertiary/aromatic N) is 3. The molecule has 0 saturated heterocycles. The Morgan fingerprint density at radius 1 is 1.50 bits per heavy atom. The van der Waals surface area contributed by atoms with Crippen LogP contribution in [0.4, 0.5) is 5.69 Å². The summed E-state index contributed by atoms with van der Waals surface area (Å²) in [7, 11) is 0. The summed E-state index contributed by atoms with van der Waals surface area (Å²) < 4.78 is 10.4. The van der Waals surface area contributed by atoms with E-state index in [1.807, 2.05) is 0 Å². The second kappa shape index (κ2) is 5.09. The van der Waals surface area contributed by atoms with E-state index in [1.54, 1.807) is 0 Å². The van der Waals surface area contributed by atoms with E-state index in [9.17, 15) is 10.1 Å². The van der Waals surface area contributed by atoms with Crippen LogP contribution in [0, 0.1) is 10.1 Å². The zero-order chi connectivity index (χ0) is 14.1. The fourth-order valence-corrected chi connectivity index (χ4v) is 1.88. The minimum atomic E-state index is -0.530. The van der Waals surface area contributed by atoms with Gasteiger partial charge in [-0.25, -0.2) is 0 Å². The number of halogens is 1. The molecule has 7 nitrogen and oxygen atoms in total. The highest BCUT2D eigenvalue weighted by molar-refractivity contribution is 6.30. The maximum Gasteiger partial charge on any atom is 0.311 e. The predicted molar refractivity (Wildman–Crippen MR) is 68.7 cm³/mol. The molecule has 0 bridgehead atoms. The molecule has 0 amide bonds. The minimum absolute atomic E-state index is 0.00258. The summed E-state index contributed by atoms with van der Waals surface area (Å²) in [5.41, 5.74) is -0.152. The Kier molecular flexibility index (Phi) is 3.27. The van der Waals surface area contributed by atoms with Gasteiger partial charge in [-0.2, -0.15) is 4.98 Å². The number of aromatic nitrogens is 2. The molecule has 0 spiro atoms. The first-order valence-corrected chi connectivity index (χ1v) is 6.40. The first-order valence-electron chi connectivity index (χ1n) is 6.02. The van der Waals surface area contributed by atoms with Crippen LogP contribution in [0.15, 0.2) is 22.7 Å². The molecule has 1 aliphatic carbocycles. The number of ether oxygens (including phenoxy) is 1. The lowest BCUT2D eigenvalue weighted by Crippen LogP contribution is -2.00. The molecule has 0 N–H and O–H groups in total. The van der Waals surface area contributed by atoms with Crippen molar-refractivity contribution in [3.05, 3.63) is 45.1 Å². The number of rotatable bonds is 5. The molecule has 0 aliphatic heterocycles. The number of benzene rings is 1. The Balaban J connectivity index is 1.73. The van der Waals surface area contributed by atoms with Gasteiger partial charge in [0.25, 0.3) is 0 Å². The van der Waals surface area contributed by atoms with Gasteiger partial charge in [0, 0.05) is 23.1 Å². The summed E-state index contributed by atoms with van der Waals surface area (Å²) in [5, 5.41) is 15.0. The lowest BCUT2D eigenvalue weighted by Gasteiger charge is -2.04. The maximum absolute atomic E-state index is 10.9. The van der Waals surface area contributed by atoms with Gasteiger partial charge < -0.3 is 9.26 Å². The molecule has 20 heavy (non-hydrogen) atoms. The highest BCUT2D eigenvalue weighted by atomic mass is 35.5. The molecule has 0 radical (unpaired) electrons. The van der Waals surface area contributed by atoms with E-state index in [0.29, 0.717) is 22.7 Å². The van der Waals surface area contributed by atoms with E-state index >= 15 is 0 Å². The molecular weight excluding hydrogens is 286 g/mol.